The van der Waals surface area contributed by atoms with Gasteiger partial charge in [-0.3, -0.25) is 4.79 Å². The molecular formula is C15H19NO3. The molecule has 3 rings (SSSR count). The second-order valence-corrected chi connectivity index (χ2v) is 5.37. The summed E-state index contributed by atoms with van der Waals surface area (Å²) in [5.74, 6) is 1.80. The first-order valence-electron chi connectivity index (χ1n) is 6.75. The number of fused-ring (bicyclic) bond motifs is 1. The van der Waals surface area contributed by atoms with Crippen molar-refractivity contribution >= 4 is 5.91 Å². The van der Waals surface area contributed by atoms with E-state index in [9.17, 15) is 4.79 Å². The van der Waals surface area contributed by atoms with Gasteiger partial charge in [-0.25, -0.2) is 0 Å². The highest BCUT2D eigenvalue weighted by atomic mass is 16.5. The monoisotopic (exact) mass is 261 g/mol. The zero-order valence-electron chi connectivity index (χ0n) is 11.4. The molecule has 1 aliphatic carbocycles. The lowest BCUT2D eigenvalue weighted by molar-refractivity contribution is -0.136. The van der Waals surface area contributed by atoms with Crippen LogP contribution in [0.2, 0.25) is 0 Å². The van der Waals surface area contributed by atoms with Crippen molar-refractivity contribution in [2.24, 2.45) is 5.92 Å². The highest BCUT2D eigenvalue weighted by Gasteiger charge is 2.35. The van der Waals surface area contributed by atoms with E-state index in [4.69, 9.17) is 9.47 Å². The summed E-state index contributed by atoms with van der Waals surface area (Å²) in [6, 6.07) is 6.26. The molecule has 0 aromatic heterocycles. The number of amides is 1. The van der Waals surface area contributed by atoms with E-state index in [0.29, 0.717) is 12.6 Å². The molecule has 1 aliphatic heterocycles. The van der Waals surface area contributed by atoms with Gasteiger partial charge in [-0.15, -0.1) is 0 Å². The van der Waals surface area contributed by atoms with E-state index in [1.165, 1.54) is 0 Å². The second kappa shape index (κ2) is 4.76. The molecule has 0 spiro atoms. The third-order valence-corrected chi connectivity index (χ3v) is 3.97. The highest BCUT2D eigenvalue weighted by Crippen LogP contribution is 2.33. The largest absolute Gasteiger partial charge is 0.497 e. The lowest BCUT2D eigenvalue weighted by Crippen LogP contribution is -2.39. The first-order valence-corrected chi connectivity index (χ1v) is 6.75. The molecule has 0 N–H and O–H groups in total. The molecule has 1 amide bonds. The number of hydrogen-bond donors (Lipinski definition) is 0. The summed E-state index contributed by atoms with van der Waals surface area (Å²) in [5.41, 5.74) is 1.09. The number of hydrogen-bond acceptors (Lipinski definition) is 3. The van der Waals surface area contributed by atoms with Gasteiger partial charge in [-0.1, -0.05) is 6.07 Å². The first kappa shape index (κ1) is 12.3. The maximum absolute atomic E-state index is 12.3. The molecule has 1 heterocycles. The average molecular weight is 261 g/mol. The van der Waals surface area contributed by atoms with E-state index in [2.05, 4.69) is 0 Å². The van der Waals surface area contributed by atoms with Crippen LogP contribution >= 0.6 is 0 Å². The Kier molecular flexibility index (Phi) is 3.09. The predicted octanol–water partition coefficient (Wildman–Crippen LogP) is 1.87. The fourth-order valence-electron chi connectivity index (χ4n) is 2.57. The molecule has 0 bridgehead atoms. The summed E-state index contributed by atoms with van der Waals surface area (Å²) in [6.45, 7) is 0.468. The molecule has 0 radical (unpaired) electrons. The van der Waals surface area contributed by atoms with Gasteiger partial charge in [0.25, 0.3) is 0 Å². The Hall–Kier alpha value is -1.71. The van der Waals surface area contributed by atoms with Gasteiger partial charge in [0.2, 0.25) is 5.91 Å². The number of carbonyl (C=O) groups excluding carboxylic acids is 1. The number of nitrogens with zero attached hydrogens (tertiary/aromatic N) is 1. The Morgan fingerprint density at radius 1 is 1.42 bits per heavy atom. The molecule has 102 valence electrons. The van der Waals surface area contributed by atoms with Crippen LogP contribution in [0.4, 0.5) is 0 Å². The van der Waals surface area contributed by atoms with Crippen molar-refractivity contribution in [3.05, 3.63) is 23.8 Å². The number of methoxy groups -OCH3 is 1. The van der Waals surface area contributed by atoms with Gasteiger partial charge < -0.3 is 14.4 Å². The molecule has 4 nitrogen and oxygen atoms in total. The average Bonchev–Trinajstić information content (AvgIpc) is 3.29. The van der Waals surface area contributed by atoms with Gasteiger partial charge in [0, 0.05) is 19.2 Å². The fraction of sp³-hybridized carbons (Fsp3) is 0.533. The lowest BCUT2D eigenvalue weighted by atomic mass is 9.95. The van der Waals surface area contributed by atoms with E-state index < -0.39 is 0 Å². The van der Waals surface area contributed by atoms with Crippen LogP contribution in [-0.2, 0) is 11.2 Å². The van der Waals surface area contributed by atoms with E-state index in [0.717, 1.165) is 36.3 Å². The third kappa shape index (κ3) is 2.39. The normalized spacial score (nSPS) is 21.3. The van der Waals surface area contributed by atoms with E-state index in [1.807, 2.05) is 30.1 Å². The molecule has 1 aromatic rings. The van der Waals surface area contributed by atoms with Gasteiger partial charge in [0.1, 0.15) is 18.1 Å². The van der Waals surface area contributed by atoms with Crippen LogP contribution in [0.5, 0.6) is 11.5 Å². The first-order chi connectivity index (χ1) is 9.19. The Morgan fingerprint density at radius 3 is 2.89 bits per heavy atom. The van der Waals surface area contributed by atoms with Crippen molar-refractivity contribution in [1.29, 1.82) is 0 Å². The van der Waals surface area contributed by atoms with Crippen molar-refractivity contribution < 1.29 is 14.3 Å². The van der Waals surface area contributed by atoms with Crippen LogP contribution in [0.25, 0.3) is 0 Å². The van der Waals surface area contributed by atoms with E-state index >= 15 is 0 Å². The van der Waals surface area contributed by atoms with Gasteiger partial charge >= 0.3 is 0 Å². The van der Waals surface area contributed by atoms with Crippen molar-refractivity contribution in [2.75, 3.05) is 20.8 Å². The van der Waals surface area contributed by atoms with Crippen LogP contribution in [0, 0.1) is 5.92 Å². The molecule has 1 fully saturated rings. The van der Waals surface area contributed by atoms with Crippen molar-refractivity contribution in [1.82, 2.24) is 4.90 Å². The Labute approximate surface area is 113 Å². The number of carbonyl (C=O) groups is 1. The molecule has 1 atom stereocenters. The van der Waals surface area contributed by atoms with Crippen molar-refractivity contribution in [2.45, 2.75) is 25.3 Å². The topological polar surface area (TPSA) is 38.8 Å². The summed E-state index contributed by atoms with van der Waals surface area (Å²) < 4.78 is 10.9. The van der Waals surface area contributed by atoms with Crippen LogP contribution in [0.15, 0.2) is 18.2 Å². The number of ether oxygens (including phenoxy) is 2. The Morgan fingerprint density at radius 2 is 2.21 bits per heavy atom. The van der Waals surface area contributed by atoms with E-state index in [1.54, 1.807) is 7.11 Å². The standard InChI is InChI=1S/C15H19NO3/c1-16(12-4-5-12)15(17)11-7-10-3-6-13(18-2)8-14(10)19-9-11/h3,6,8,11-12H,4-5,7,9H2,1-2H3. The maximum Gasteiger partial charge on any atom is 0.229 e. The van der Waals surface area contributed by atoms with Crippen molar-refractivity contribution in [3.8, 4) is 11.5 Å². The van der Waals surface area contributed by atoms with Gasteiger partial charge in [-0.2, -0.15) is 0 Å². The molecule has 1 unspecified atom stereocenters. The zero-order chi connectivity index (χ0) is 13.4. The molecule has 4 heteroatoms. The van der Waals surface area contributed by atoms with Crippen LogP contribution in [0.3, 0.4) is 0 Å². The molecule has 2 aliphatic rings. The van der Waals surface area contributed by atoms with E-state index in [-0.39, 0.29) is 11.8 Å². The molecule has 1 aromatic carbocycles. The Bertz CT molecular complexity index is 496. The lowest BCUT2D eigenvalue weighted by Gasteiger charge is -2.28. The molecule has 1 saturated carbocycles. The minimum Gasteiger partial charge on any atom is -0.497 e. The minimum absolute atomic E-state index is 0.0495. The summed E-state index contributed by atoms with van der Waals surface area (Å²) in [6.07, 6.45) is 3.04. The van der Waals surface area contributed by atoms with Gasteiger partial charge in [0.05, 0.1) is 13.0 Å². The van der Waals surface area contributed by atoms with Crippen LogP contribution in [0.1, 0.15) is 18.4 Å². The second-order valence-electron chi connectivity index (χ2n) is 5.37. The third-order valence-electron chi connectivity index (χ3n) is 3.97. The van der Waals surface area contributed by atoms with Crippen molar-refractivity contribution in [3.63, 3.8) is 0 Å². The van der Waals surface area contributed by atoms with Gasteiger partial charge in [0.15, 0.2) is 0 Å². The maximum atomic E-state index is 12.3. The quantitative estimate of drug-likeness (QED) is 0.833. The summed E-state index contributed by atoms with van der Waals surface area (Å²) in [7, 11) is 3.55. The summed E-state index contributed by atoms with van der Waals surface area (Å²) >= 11 is 0. The summed E-state index contributed by atoms with van der Waals surface area (Å²) in [5, 5.41) is 0. The predicted molar refractivity (Wildman–Crippen MR) is 71.5 cm³/mol. The minimum atomic E-state index is -0.0495. The molecule has 0 saturated heterocycles. The van der Waals surface area contributed by atoms with Crippen LogP contribution < -0.4 is 9.47 Å². The molecular weight excluding hydrogens is 242 g/mol. The summed E-state index contributed by atoms with van der Waals surface area (Å²) in [4.78, 5) is 14.2. The smallest absolute Gasteiger partial charge is 0.229 e. The number of benzene rings is 1. The Balaban J connectivity index is 1.73. The number of rotatable bonds is 3. The van der Waals surface area contributed by atoms with Crippen LogP contribution in [-0.4, -0.2) is 37.6 Å². The zero-order valence-corrected chi connectivity index (χ0v) is 11.4. The highest BCUT2D eigenvalue weighted by molar-refractivity contribution is 5.80. The van der Waals surface area contributed by atoms with Gasteiger partial charge in [-0.05, 0) is 30.9 Å². The SMILES string of the molecule is COc1ccc2c(c1)OCC(C(=O)N(C)C1CC1)C2. The molecule has 19 heavy (non-hydrogen) atoms. The fourth-order valence-corrected chi connectivity index (χ4v) is 2.57.